The standard InChI is InChI=1S/C28H28ClN3/c1-20-15-16-23(29)18-27(20)32-28-24(14-8-9-17-30-28)26(31-32)19-25(21-10-4-2-5-11-21)22-12-6-3-7-13-22/h2-7,10-13,15-16,18,25,30H,8-9,14,17,19H2,1H3. The fourth-order valence-electron chi connectivity index (χ4n) is 4.71. The van der Waals surface area contributed by atoms with E-state index in [0.29, 0.717) is 0 Å². The van der Waals surface area contributed by atoms with E-state index in [-0.39, 0.29) is 5.92 Å². The second-order valence-corrected chi connectivity index (χ2v) is 9.01. The maximum atomic E-state index is 6.37. The molecular formula is C28H28ClN3. The summed E-state index contributed by atoms with van der Waals surface area (Å²) in [6.45, 7) is 3.09. The number of fused-ring (bicyclic) bond motifs is 1. The van der Waals surface area contributed by atoms with Gasteiger partial charge in [0.25, 0.3) is 0 Å². The average Bonchev–Trinajstić information content (AvgIpc) is 2.99. The number of halogens is 1. The van der Waals surface area contributed by atoms with E-state index in [2.05, 4.69) is 83.7 Å². The van der Waals surface area contributed by atoms with Crippen LogP contribution in [0.3, 0.4) is 0 Å². The summed E-state index contributed by atoms with van der Waals surface area (Å²) < 4.78 is 2.09. The predicted molar refractivity (Wildman–Crippen MR) is 133 cm³/mol. The van der Waals surface area contributed by atoms with Crippen LogP contribution in [-0.2, 0) is 12.8 Å². The van der Waals surface area contributed by atoms with Gasteiger partial charge in [0.1, 0.15) is 5.82 Å². The molecule has 3 nitrogen and oxygen atoms in total. The average molecular weight is 442 g/mol. The van der Waals surface area contributed by atoms with Gasteiger partial charge in [0.15, 0.2) is 0 Å². The highest BCUT2D eigenvalue weighted by Crippen LogP contribution is 2.35. The fraction of sp³-hybridized carbons (Fsp3) is 0.250. The third-order valence-corrected chi connectivity index (χ3v) is 6.65. The minimum atomic E-state index is 0.258. The van der Waals surface area contributed by atoms with Crippen molar-refractivity contribution in [2.45, 2.75) is 38.5 Å². The number of hydrogen-bond acceptors (Lipinski definition) is 2. The van der Waals surface area contributed by atoms with Crippen molar-refractivity contribution in [3.05, 3.63) is 112 Å². The van der Waals surface area contributed by atoms with Crippen LogP contribution < -0.4 is 5.32 Å². The summed E-state index contributed by atoms with van der Waals surface area (Å²) in [4.78, 5) is 0. The molecule has 0 fully saturated rings. The molecule has 32 heavy (non-hydrogen) atoms. The van der Waals surface area contributed by atoms with Gasteiger partial charge < -0.3 is 5.32 Å². The highest BCUT2D eigenvalue weighted by Gasteiger charge is 2.25. The summed E-state index contributed by atoms with van der Waals surface area (Å²) >= 11 is 6.37. The van der Waals surface area contributed by atoms with Crippen molar-refractivity contribution < 1.29 is 0 Å². The number of hydrogen-bond donors (Lipinski definition) is 1. The van der Waals surface area contributed by atoms with Gasteiger partial charge in [-0.1, -0.05) is 78.3 Å². The molecule has 2 heterocycles. The minimum Gasteiger partial charge on any atom is -0.370 e. The Morgan fingerprint density at radius 2 is 1.62 bits per heavy atom. The molecule has 1 aliphatic heterocycles. The molecule has 0 spiro atoms. The summed E-state index contributed by atoms with van der Waals surface area (Å²) in [5.41, 5.74) is 7.38. The number of anilines is 1. The largest absolute Gasteiger partial charge is 0.370 e. The van der Waals surface area contributed by atoms with E-state index in [9.17, 15) is 0 Å². The maximum absolute atomic E-state index is 6.37. The third kappa shape index (κ3) is 4.18. The zero-order chi connectivity index (χ0) is 21.9. The lowest BCUT2D eigenvalue weighted by Crippen LogP contribution is -2.09. The zero-order valence-electron chi connectivity index (χ0n) is 18.4. The van der Waals surface area contributed by atoms with Crippen LogP contribution in [0, 0.1) is 6.92 Å². The molecule has 4 heteroatoms. The first-order valence-electron chi connectivity index (χ1n) is 11.4. The van der Waals surface area contributed by atoms with Crippen molar-refractivity contribution in [3.8, 4) is 5.69 Å². The number of benzene rings is 3. The van der Waals surface area contributed by atoms with Crippen LogP contribution in [0.25, 0.3) is 5.69 Å². The van der Waals surface area contributed by atoms with E-state index in [0.717, 1.165) is 35.9 Å². The second-order valence-electron chi connectivity index (χ2n) is 8.58. The first-order valence-corrected chi connectivity index (χ1v) is 11.8. The molecule has 0 radical (unpaired) electrons. The van der Waals surface area contributed by atoms with Gasteiger partial charge in [-0.25, -0.2) is 4.68 Å². The van der Waals surface area contributed by atoms with Crippen LogP contribution >= 0.6 is 11.6 Å². The van der Waals surface area contributed by atoms with Crippen molar-refractivity contribution in [1.29, 1.82) is 0 Å². The molecule has 0 unspecified atom stereocenters. The van der Waals surface area contributed by atoms with Crippen LogP contribution in [0.1, 0.15) is 46.7 Å². The normalized spacial score (nSPS) is 13.5. The number of rotatable bonds is 5. The van der Waals surface area contributed by atoms with Crippen molar-refractivity contribution in [1.82, 2.24) is 9.78 Å². The van der Waals surface area contributed by atoms with Crippen molar-refractivity contribution >= 4 is 17.4 Å². The van der Waals surface area contributed by atoms with Gasteiger partial charge in [-0.15, -0.1) is 0 Å². The molecule has 0 bridgehead atoms. The van der Waals surface area contributed by atoms with Gasteiger partial charge in [-0.3, -0.25) is 0 Å². The number of aryl methyl sites for hydroxylation is 1. The molecule has 162 valence electrons. The minimum absolute atomic E-state index is 0.258. The van der Waals surface area contributed by atoms with Crippen LogP contribution in [0.5, 0.6) is 0 Å². The summed E-state index contributed by atoms with van der Waals surface area (Å²) in [5, 5.41) is 9.59. The van der Waals surface area contributed by atoms with Crippen LogP contribution in [0.15, 0.2) is 78.9 Å². The van der Waals surface area contributed by atoms with E-state index < -0.39 is 0 Å². The first kappa shape index (κ1) is 20.8. The van der Waals surface area contributed by atoms with Crippen molar-refractivity contribution in [3.63, 3.8) is 0 Å². The van der Waals surface area contributed by atoms with Crippen LogP contribution in [0.2, 0.25) is 5.02 Å². The van der Waals surface area contributed by atoms with Gasteiger partial charge >= 0.3 is 0 Å². The highest BCUT2D eigenvalue weighted by molar-refractivity contribution is 6.30. The Labute approximate surface area is 195 Å². The smallest absolute Gasteiger partial charge is 0.133 e. The maximum Gasteiger partial charge on any atom is 0.133 e. The van der Waals surface area contributed by atoms with E-state index in [1.54, 1.807) is 0 Å². The second kappa shape index (κ2) is 9.22. The Balaban J connectivity index is 1.62. The summed E-state index contributed by atoms with van der Waals surface area (Å²) in [7, 11) is 0. The number of nitrogens with one attached hydrogen (secondary N) is 1. The molecule has 1 aromatic heterocycles. The molecular weight excluding hydrogens is 414 g/mol. The van der Waals surface area contributed by atoms with Crippen molar-refractivity contribution in [2.75, 3.05) is 11.9 Å². The molecule has 0 amide bonds. The molecule has 0 atom stereocenters. The lowest BCUT2D eigenvalue weighted by Gasteiger charge is -2.18. The van der Waals surface area contributed by atoms with Crippen LogP contribution in [-0.4, -0.2) is 16.3 Å². The topological polar surface area (TPSA) is 29.9 Å². The van der Waals surface area contributed by atoms with E-state index >= 15 is 0 Å². The van der Waals surface area contributed by atoms with Gasteiger partial charge in [0.2, 0.25) is 0 Å². The lowest BCUT2D eigenvalue weighted by molar-refractivity contribution is 0.726. The van der Waals surface area contributed by atoms with Crippen molar-refractivity contribution in [2.24, 2.45) is 0 Å². The Kier molecular flexibility index (Phi) is 6.00. The number of nitrogens with zero attached hydrogens (tertiary/aromatic N) is 2. The molecule has 0 aliphatic carbocycles. The van der Waals surface area contributed by atoms with E-state index in [1.807, 2.05) is 12.1 Å². The summed E-state index contributed by atoms with van der Waals surface area (Å²) in [6, 6.07) is 27.6. The molecule has 5 rings (SSSR count). The molecule has 4 aromatic rings. The SMILES string of the molecule is Cc1ccc(Cl)cc1-n1nc(CC(c2ccccc2)c2ccccc2)c2c1NCCCC2. The predicted octanol–water partition coefficient (Wildman–Crippen LogP) is 6.96. The van der Waals surface area contributed by atoms with E-state index in [1.165, 1.54) is 40.8 Å². The number of aromatic nitrogens is 2. The Hall–Kier alpha value is -3.04. The molecule has 3 aromatic carbocycles. The summed E-state index contributed by atoms with van der Waals surface area (Å²) in [6.07, 6.45) is 4.26. The molecule has 1 N–H and O–H groups in total. The van der Waals surface area contributed by atoms with E-state index in [4.69, 9.17) is 16.7 Å². The molecule has 0 saturated carbocycles. The molecule has 1 aliphatic rings. The van der Waals surface area contributed by atoms with Gasteiger partial charge in [0, 0.05) is 29.5 Å². The van der Waals surface area contributed by atoms with Gasteiger partial charge in [0.05, 0.1) is 11.4 Å². The quantitative estimate of drug-likeness (QED) is 0.363. The Bertz CT molecular complexity index is 1160. The lowest BCUT2D eigenvalue weighted by atomic mass is 9.86. The Morgan fingerprint density at radius 1 is 0.938 bits per heavy atom. The fourth-order valence-corrected chi connectivity index (χ4v) is 4.88. The zero-order valence-corrected chi connectivity index (χ0v) is 19.1. The molecule has 0 saturated heterocycles. The third-order valence-electron chi connectivity index (χ3n) is 6.41. The van der Waals surface area contributed by atoms with Gasteiger partial charge in [-0.2, -0.15) is 5.10 Å². The summed E-state index contributed by atoms with van der Waals surface area (Å²) in [5.74, 6) is 1.39. The highest BCUT2D eigenvalue weighted by atomic mass is 35.5. The van der Waals surface area contributed by atoms with Crippen LogP contribution in [0.4, 0.5) is 5.82 Å². The monoisotopic (exact) mass is 441 g/mol. The van der Waals surface area contributed by atoms with Gasteiger partial charge in [-0.05, 0) is 55.0 Å². The Morgan fingerprint density at radius 3 is 2.31 bits per heavy atom. The first-order chi connectivity index (χ1) is 15.7.